The maximum atomic E-state index is 13.1. The number of anilines is 1. The van der Waals surface area contributed by atoms with E-state index < -0.39 is 0 Å². The summed E-state index contributed by atoms with van der Waals surface area (Å²) in [6, 6.07) is 13.9. The summed E-state index contributed by atoms with van der Waals surface area (Å²) < 4.78 is 13.1. The first-order valence-electron chi connectivity index (χ1n) is 6.89. The highest BCUT2D eigenvalue weighted by atomic mass is 35.5. The van der Waals surface area contributed by atoms with Crippen LogP contribution in [-0.2, 0) is 0 Å². The molecule has 1 aliphatic rings. The number of halogens is 2. The lowest BCUT2D eigenvalue weighted by Gasteiger charge is -2.21. The minimum Gasteiger partial charge on any atom is -0.377 e. The standard InChI is InChI=1S/C17H14ClFN2/c18-15-8-1-11(10-20)9-16(15)21-17(12-2-3-12)13-4-6-14(19)7-5-13/h1,4-9,12,17,21H,2-3H2. The number of benzene rings is 2. The number of nitrogens with one attached hydrogen (secondary N) is 1. The van der Waals surface area contributed by atoms with Crippen LogP contribution in [0.3, 0.4) is 0 Å². The molecular weight excluding hydrogens is 287 g/mol. The summed E-state index contributed by atoms with van der Waals surface area (Å²) in [6.45, 7) is 0. The van der Waals surface area contributed by atoms with E-state index >= 15 is 0 Å². The predicted molar refractivity (Wildman–Crippen MR) is 81.7 cm³/mol. The van der Waals surface area contributed by atoms with Gasteiger partial charge in [0.15, 0.2) is 0 Å². The van der Waals surface area contributed by atoms with Crippen molar-refractivity contribution in [3.05, 3.63) is 64.4 Å². The van der Waals surface area contributed by atoms with Crippen LogP contribution in [-0.4, -0.2) is 0 Å². The van der Waals surface area contributed by atoms with Crippen molar-refractivity contribution < 1.29 is 4.39 Å². The molecule has 1 unspecified atom stereocenters. The first-order chi connectivity index (χ1) is 10.2. The van der Waals surface area contributed by atoms with Gasteiger partial charge in [-0.3, -0.25) is 0 Å². The molecule has 1 atom stereocenters. The molecule has 2 aromatic carbocycles. The van der Waals surface area contributed by atoms with Crippen molar-refractivity contribution in [2.75, 3.05) is 5.32 Å². The summed E-state index contributed by atoms with van der Waals surface area (Å²) in [7, 11) is 0. The molecule has 0 aromatic heterocycles. The Morgan fingerprint density at radius 3 is 2.52 bits per heavy atom. The highest BCUT2D eigenvalue weighted by Gasteiger charge is 2.32. The largest absolute Gasteiger partial charge is 0.377 e. The van der Waals surface area contributed by atoms with Gasteiger partial charge >= 0.3 is 0 Å². The van der Waals surface area contributed by atoms with Crippen LogP contribution in [0, 0.1) is 23.1 Å². The molecule has 1 aliphatic carbocycles. The molecule has 1 saturated carbocycles. The van der Waals surface area contributed by atoms with E-state index in [0.717, 1.165) is 24.1 Å². The first kappa shape index (κ1) is 13.9. The van der Waals surface area contributed by atoms with Crippen LogP contribution in [0.15, 0.2) is 42.5 Å². The van der Waals surface area contributed by atoms with Gasteiger partial charge < -0.3 is 5.32 Å². The minimum absolute atomic E-state index is 0.0945. The summed E-state index contributed by atoms with van der Waals surface area (Å²) in [5.41, 5.74) is 2.35. The molecule has 21 heavy (non-hydrogen) atoms. The van der Waals surface area contributed by atoms with Crippen LogP contribution < -0.4 is 5.32 Å². The maximum absolute atomic E-state index is 13.1. The molecule has 0 spiro atoms. The zero-order chi connectivity index (χ0) is 14.8. The van der Waals surface area contributed by atoms with Gasteiger partial charge in [0.1, 0.15) is 5.82 Å². The van der Waals surface area contributed by atoms with E-state index in [-0.39, 0.29) is 11.9 Å². The third kappa shape index (κ3) is 3.17. The van der Waals surface area contributed by atoms with Crippen molar-refractivity contribution in [3.8, 4) is 6.07 Å². The SMILES string of the molecule is N#Cc1ccc(Cl)c(NC(c2ccc(F)cc2)C2CC2)c1. The molecule has 106 valence electrons. The van der Waals surface area contributed by atoms with Crippen LogP contribution in [0.5, 0.6) is 0 Å². The highest BCUT2D eigenvalue weighted by molar-refractivity contribution is 6.33. The van der Waals surface area contributed by atoms with Gasteiger partial charge in [-0.1, -0.05) is 23.7 Å². The Bertz CT molecular complexity index is 687. The summed E-state index contributed by atoms with van der Waals surface area (Å²) in [5, 5.41) is 13.0. The fraction of sp³-hybridized carbons (Fsp3) is 0.235. The average molecular weight is 301 g/mol. The molecule has 0 saturated heterocycles. The van der Waals surface area contributed by atoms with Gasteiger partial charge in [-0.05, 0) is 54.7 Å². The maximum Gasteiger partial charge on any atom is 0.123 e. The Labute approximate surface area is 128 Å². The van der Waals surface area contributed by atoms with Gasteiger partial charge in [0.2, 0.25) is 0 Å². The molecule has 4 heteroatoms. The van der Waals surface area contributed by atoms with E-state index in [4.69, 9.17) is 16.9 Å². The van der Waals surface area contributed by atoms with Crippen LogP contribution in [0.25, 0.3) is 0 Å². The second-order valence-electron chi connectivity index (χ2n) is 5.32. The van der Waals surface area contributed by atoms with E-state index in [1.807, 2.05) is 0 Å². The molecule has 0 radical (unpaired) electrons. The van der Waals surface area contributed by atoms with Gasteiger partial charge in [0.05, 0.1) is 28.4 Å². The fourth-order valence-electron chi connectivity index (χ4n) is 2.45. The second-order valence-corrected chi connectivity index (χ2v) is 5.72. The first-order valence-corrected chi connectivity index (χ1v) is 7.27. The number of hydrogen-bond donors (Lipinski definition) is 1. The van der Waals surface area contributed by atoms with Gasteiger partial charge in [0, 0.05) is 0 Å². The Balaban J connectivity index is 1.89. The Morgan fingerprint density at radius 1 is 1.19 bits per heavy atom. The average Bonchev–Trinajstić information content (AvgIpc) is 3.32. The molecule has 0 aliphatic heterocycles. The smallest absolute Gasteiger partial charge is 0.123 e. The molecule has 1 fully saturated rings. The second kappa shape index (κ2) is 5.75. The summed E-state index contributed by atoms with van der Waals surface area (Å²) in [4.78, 5) is 0. The Hall–Kier alpha value is -2.05. The fourth-order valence-corrected chi connectivity index (χ4v) is 2.62. The molecule has 0 amide bonds. The number of nitriles is 1. The zero-order valence-corrected chi connectivity index (χ0v) is 12.1. The van der Waals surface area contributed by atoms with E-state index in [1.54, 1.807) is 30.3 Å². The van der Waals surface area contributed by atoms with Crippen molar-refractivity contribution in [3.63, 3.8) is 0 Å². The predicted octanol–water partition coefficient (Wildman–Crippen LogP) is 4.91. The van der Waals surface area contributed by atoms with Gasteiger partial charge in [0.25, 0.3) is 0 Å². The lowest BCUT2D eigenvalue weighted by atomic mass is 10.0. The third-order valence-corrected chi connectivity index (χ3v) is 4.06. The molecule has 0 bridgehead atoms. The quantitative estimate of drug-likeness (QED) is 0.870. The van der Waals surface area contributed by atoms with Crippen molar-refractivity contribution in [1.82, 2.24) is 0 Å². The van der Waals surface area contributed by atoms with E-state index in [0.29, 0.717) is 16.5 Å². The zero-order valence-electron chi connectivity index (χ0n) is 11.3. The van der Waals surface area contributed by atoms with E-state index in [9.17, 15) is 4.39 Å². The lowest BCUT2D eigenvalue weighted by Crippen LogP contribution is -2.13. The number of rotatable bonds is 4. The highest BCUT2D eigenvalue weighted by Crippen LogP contribution is 2.43. The summed E-state index contributed by atoms with van der Waals surface area (Å²) in [6.07, 6.45) is 2.29. The third-order valence-electron chi connectivity index (χ3n) is 3.73. The molecule has 2 aromatic rings. The molecule has 3 rings (SSSR count). The topological polar surface area (TPSA) is 35.8 Å². The van der Waals surface area contributed by atoms with E-state index in [2.05, 4.69) is 11.4 Å². The van der Waals surface area contributed by atoms with Gasteiger partial charge in [-0.2, -0.15) is 5.26 Å². The summed E-state index contributed by atoms with van der Waals surface area (Å²) in [5.74, 6) is 0.287. The molecule has 0 heterocycles. The Morgan fingerprint density at radius 2 is 1.90 bits per heavy atom. The van der Waals surface area contributed by atoms with Gasteiger partial charge in [-0.25, -0.2) is 4.39 Å². The molecular formula is C17H14ClFN2. The molecule has 1 N–H and O–H groups in total. The van der Waals surface area contributed by atoms with Crippen LogP contribution in [0.1, 0.15) is 30.0 Å². The van der Waals surface area contributed by atoms with Crippen LogP contribution in [0.4, 0.5) is 10.1 Å². The number of nitrogens with zero attached hydrogens (tertiary/aromatic N) is 1. The van der Waals surface area contributed by atoms with Crippen molar-refractivity contribution in [2.24, 2.45) is 5.92 Å². The normalized spacial score (nSPS) is 15.3. The molecule has 2 nitrogen and oxygen atoms in total. The van der Waals surface area contributed by atoms with Crippen LogP contribution in [0.2, 0.25) is 5.02 Å². The van der Waals surface area contributed by atoms with E-state index in [1.165, 1.54) is 12.1 Å². The monoisotopic (exact) mass is 300 g/mol. The lowest BCUT2D eigenvalue weighted by molar-refractivity contribution is 0.622. The van der Waals surface area contributed by atoms with Crippen molar-refractivity contribution in [1.29, 1.82) is 5.26 Å². The Kier molecular flexibility index (Phi) is 3.81. The summed E-state index contributed by atoms with van der Waals surface area (Å²) >= 11 is 6.20. The van der Waals surface area contributed by atoms with Gasteiger partial charge in [-0.15, -0.1) is 0 Å². The number of hydrogen-bond acceptors (Lipinski definition) is 2. The van der Waals surface area contributed by atoms with Crippen molar-refractivity contribution >= 4 is 17.3 Å². The van der Waals surface area contributed by atoms with Crippen molar-refractivity contribution in [2.45, 2.75) is 18.9 Å². The minimum atomic E-state index is -0.238. The van der Waals surface area contributed by atoms with Crippen LogP contribution >= 0.6 is 11.6 Å².